The van der Waals surface area contributed by atoms with E-state index in [9.17, 15) is 14.4 Å². The molecule has 1 aromatic rings. The zero-order chi connectivity index (χ0) is 20.8. The van der Waals surface area contributed by atoms with Crippen LogP contribution in [0.2, 0.25) is 0 Å². The van der Waals surface area contributed by atoms with Crippen molar-refractivity contribution >= 4 is 17.7 Å². The Hall–Kier alpha value is -2.41. The summed E-state index contributed by atoms with van der Waals surface area (Å²) < 4.78 is 6.44. The highest BCUT2D eigenvalue weighted by Gasteiger charge is 2.40. The molecule has 2 saturated heterocycles. The molecule has 3 atom stereocenters. The van der Waals surface area contributed by atoms with Crippen LogP contribution < -0.4 is 10.1 Å². The average molecular weight is 412 g/mol. The molecular weight excluding hydrogens is 382 g/mol. The van der Waals surface area contributed by atoms with Crippen molar-refractivity contribution in [2.75, 3.05) is 13.1 Å². The highest BCUT2D eigenvalue weighted by Crippen LogP contribution is 2.34. The van der Waals surface area contributed by atoms with Gasteiger partial charge in [0.25, 0.3) is 5.91 Å². The number of carbonyl (C=O) groups is 3. The molecule has 0 aromatic heterocycles. The molecule has 0 spiro atoms. The molecule has 5 rings (SSSR count). The van der Waals surface area contributed by atoms with Crippen LogP contribution in [-0.4, -0.2) is 58.8 Å². The van der Waals surface area contributed by atoms with Crippen molar-refractivity contribution in [1.82, 2.24) is 15.1 Å². The molecule has 160 valence electrons. The van der Waals surface area contributed by atoms with Crippen LogP contribution in [0, 0.1) is 5.92 Å². The van der Waals surface area contributed by atoms with E-state index < -0.39 is 6.04 Å². The molecule has 3 amide bonds. The number of nitrogens with zero attached hydrogens (tertiary/aromatic N) is 2. The van der Waals surface area contributed by atoms with Crippen LogP contribution in [0.15, 0.2) is 18.2 Å². The Balaban J connectivity index is 1.29. The summed E-state index contributed by atoms with van der Waals surface area (Å²) in [7, 11) is 0. The highest BCUT2D eigenvalue weighted by molar-refractivity contribution is 6.05. The number of rotatable bonds is 4. The van der Waals surface area contributed by atoms with Crippen molar-refractivity contribution in [1.29, 1.82) is 0 Å². The smallest absolute Gasteiger partial charge is 0.255 e. The van der Waals surface area contributed by atoms with E-state index in [1.807, 2.05) is 18.2 Å². The molecule has 7 nitrogen and oxygen atoms in total. The van der Waals surface area contributed by atoms with Crippen molar-refractivity contribution in [3.8, 4) is 5.75 Å². The van der Waals surface area contributed by atoms with E-state index in [2.05, 4.69) is 17.1 Å². The lowest BCUT2D eigenvalue weighted by Crippen LogP contribution is -2.57. The van der Waals surface area contributed by atoms with Gasteiger partial charge in [0.05, 0.1) is 0 Å². The Labute approximate surface area is 176 Å². The molecule has 7 heteroatoms. The molecular formula is C23H29N3O4. The molecule has 0 radical (unpaired) electrons. The summed E-state index contributed by atoms with van der Waals surface area (Å²) in [5.74, 6) is 0.789. The van der Waals surface area contributed by atoms with Crippen molar-refractivity contribution in [3.63, 3.8) is 0 Å². The third kappa shape index (κ3) is 3.49. The van der Waals surface area contributed by atoms with Crippen LogP contribution in [0.1, 0.15) is 61.4 Å². The molecule has 1 N–H and O–H groups in total. The first kappa shape index (κ1) is 19.5. The number of piperidine rings is 1. The van der Waals surface area contributed by atoms with Crippen LogP contribution in [0.4, 0.5) is 0 Å². The van der Waals surface area contributed by atoms with Gasteiger partial charge < -0.3 is 9.64 Å². The lowest BCUT2D eigenvalue weighted by molar-refractivity contribution is -0.136. The summed E-state index contributed by atoms with van der Waals surface area (Å²) in [4.78, 5) is 40.6. The second-order valence-electron chi connectivity index (χ2n) is 9.29. The third-order valence-electron chi connectivity index (χ3n) is 7.01. The number of hydrogen-bond donors (Lipinski definition) is 1. The Bertz CT molecular complexity index is 879. The SMILES string of the molecule is CC1CN(C2CCCCC2Oc2ccc3c(c2)CN(C2CCC(=O)NC2=O)C3=O)C1. The Morgan fingerprint density at radius 3 is 2.63 bits per heavy atom. The van der Waals surface area contributed by atoms with Crippen molar-refractivity contribution in [2.45, 2.75) is 70.2 Å². The predicted molar refractivity (Wildman–Crippen MR) is 110 cm³/mol. The summed E-state index contributed by atoms with van der Waals surface area (Å²) >= 11 is 0. The van der Waals surface area contributed by atoms with E-state index >= 15 is 0 Å². The van der Waals surface area contributed by atoms with E-state index in [-0.39, 0.29) is 30.2 Å². The third-order valence-corrected chi connectivity index (χ3v) is 7.01. The fourth-order valence-electron chi connectivity index (χ4n) is 5.45. The van der Waals surface area contributed by atoms with Crippen LogP contribution >= 0.6 is 0 Å². The molecule has 30 heavy (non-hydrogen) atoms. The van der Waals surface area contributed by atoms with Gasteiger partial charge in [-0.3, -0.25) is 24.6 Å². The van der Waals surface area contributed by atoms with E-state index in [0.717, 1.165) is 36.7 Å². The lowest BCUT2D eigenvalue weighted by atomic mass is 9.87. The van der Waals surface area contributed by atoms with E-state index in [1.54, 1.807) is 4.90 Å². The van der Waals surface area contributed by atoms with Crippen molar-refractivity contribution in [3.05, 3.63) is 29.3 Å². The predicted octanol–water partition coefficient (Wildman–Crippen LogP) is 2.09. The van der Waals surface area contributed by atoms with Gasteiger partial charge in [-0.15, -0.1) is 0 Å². The van der Waals surface area contributed by atoms with Crippen LogP contribution in [0.25, 0.3) is 0 Å². The van der Waals surface area contributed by atoms with E-state index in [1.165, 1.54) is 19.3 Å². The monoisotopic (exact) mass is 411 g/mol. The number of ether oxygens (including phenoxy) is 1. The second kappa shape index (κ2) is 7.69. The van der Waals surface area contributed by atoms with Gasteiger partial charge in [-0.05, 0) is 55.4 Å². The van der Waals surface area contributed by atoms with Gasteiger partial charge in [0, 0.05) is 37.7 Å². The minimum atomic E-state index is -0.580. The molecule has 4 aliphatic rings. The zero-order valence-corrected chi connectivity index (χ0v) is 17.4. The summed E-state index contributed by atoms with van der Waals surface area (Å²) in [5, 5.41) is 2.35. The molecule has 1 aromatic carbocycles. The van der Waals surface area contributed by atoms with Crippen molar-refractivity contribution < 1.29 is 19.1 Å². The number of carbonyl (C=O) groups excluding carboxylic acids is 3. The fourth-order valence-corrected chi connectivity index (χ4v) is 5.45. The molecule has 3 heterocycles. The zero-order valence-electron chi connectivity index (χ0n) is 17.4. The normalized spacial score (nSPS) is 30.1. The Morgan fingerprint density at radius 1 is 1.07 bits per heavy atom. The number of amides is 3. The first-order valence-corrected chi connectivity index (χ1v) is 11.2. The van der Waals surface area contributed by atoms with E-state index in [0.29, 0.717) is 24.6 Å². The molecule has 3 fully saturated rings. The summed E-state index contributed by atoms with van der Waals surface area (Å²) in [6.07, 6.45) is 5.53. The first-order valence-electron chi connectivity index (χ1n) is 11.2. The number of nitrogens with one attached hydrogen (secondary N) is 1. The maximum absolute atomic E-state index is 12.9. The minimum Gasteiger partial charge on any atom is -0.489 e. The van der Waals surface area contributed by atoms with Gasteiger partial charge >= 0.3 is 0 Å². The molecule has 3 unspecified atom stereocenters. The standard InChI is InChI=1S/C23H29N3O4/c1-14-11-25(12-14)18-4-2-3-5-20(18)30-16-6-7-17-15(10-16)13-26(23(17)29)19-8-9-21(27)24-22(19)28/h6-7,10,14,18-20H,2-5,8-9,11-13H2,1H3,(H,24,27,28). The Morgan fingerprint density at radius 2 is 1.87 bits per heavy atom. The molecule has 0 bridgehead atoms. The molecule has 1 aliphatic carbocycles. The largest absolute Gasteiger partial charge is 0.489 e. The summed E-state index contributed by atoms with van der Waals surface area (Å²) in [6.45, 7) is 4.99. The van der Waals surface area contributed by atoms with Crippen LogP contribution in [0.3, 0.4) is 0 Å². The second-order valence-corrected chi connectivity index (χ2v) is 9.29. The van der Waals surface area contributed by atoms with Gasteiger partial charge in [-0.25, -0.2) is 0 Å². The van der Waals surface area contributed by atoms with Crippen molar-refractivity contribution in [2.24, 2.45) is 5.92 Å². The van der Waals surface area contributed by atoms with Gasteiger partial charge in [0.2, 0.25) is 11.8 Å². The highest BCUT2D eigenvalue weighted by atomic mass is 16.5. The fraction of sp³-hybridized carbons (Fsp3) is 0.609. The van der Waals surface area contributed by atoms with Gasteiger partial charge in [0.1, 0.15) is 17.9 Å². The number of imide groups is 1. The quantitative estimate of drug-likeness (QED) is 0.768. The summed E-state index contributed by atoms with van der Waals surface area (Å²) in [5.41, 5.74) is 1.52. The number of hydrogen-bond acceptors (Lipinski definition) is 5. The van der Waals surface area contributed by atoms with Gasteiger partial charge in [0.15, 0.2) is 0 Å². The number of benzene rings is 1. The molecule has 1 saturated carbocycles. The first-order chi connectivity index (χ1) is 14.5. The number of likely N-dealkylation sites (tertiary alicyclic amines) is 1. The Kier molecular flexibility index (Phi) is 5.01. The average Bonchev–Trinajstić information content (AvgIpc) is 3.02. The maximum Gasteiger partial charge on any atom is 0.255 e. The van der Waals surface area contributed by atoms with Gasteiger partial charge in [-0.2, -0.15) is 0 Å². The van der Waals surface area contributed by atoms with Gasteiger partial charge in [-0.1, -0.05) is 13.3 Å². The summed E-state index contributed by atoms with van der Waals surface area (Å²) in [6, 6.07) is 5.56. The minimum absolute atomic E-state index is 0.142. The van der Waals surface area contributed by atoms with Crippen LogP contribution in [0.5, 0.6) is 5.75 Å². The maximum atomic E-state index is 12.9. The molecule has 3 aliphatic heterocycles. The topological polar surface area (TPSA) is 79.0 Å². The number of fused-ring (bicyclic) bond motifs is 1. The van der Waals surface area contributed by atoms with E-state index in [4.69, 9.17) is 4.74 Å². The van der Waals surface area contributed by atoms with Crippen LogP contribution in [-0.2, 0) is 16.1 Å². The lowest BCUT2D eigenvalue weighted by Gasteiger charge is -2.47.